The molecule has 0 saturated carbocycles. The van der Waals surface area contributed by atoms with Crippen molar-refractivity contribution in [2.24, 2.45) is 5.92 Å². The minimum Gasteiger partial charge on any atom is -0.350 e. The molecule has 4 aromatic rings. The summed E-state index contributed by atoms with van der Waals surface area (Å²) in [5, 5.41) is 8.47. The van der Waals surface area contributed by atoms with Crippen molar-refractivity contribution in [1.29, 1.82) is 0 Å². The van der Waals surface area contributed by atoms with Crippen LogP contribution in [0.15, 0.2) is 61.1 Å². The fourth-order valence-corrected chi connectivity index (χ4v) is 5.00. The second-order valence-electron chi connectivity index (χ2n) is 8.67. The number of carbonyl (C=O) groups excluding carboxylic acids is 1. The van der Waals surface area contributed by atoms with Crippen LogP contribution < -0.4 is 4.90 Å². The molecule has 2 aliphatic heterocycles. The maximum atomic E-state index is 13.6. The van der Waals surface area contributed by atoms with E-state index in [-0.39, 0.29) is 11.9 Å². The van der Waals surface area contributed by atoms with Crippen molar-refractivity contribution in [3.05, 3.63) is 72.2 Å². The first-order valence-electron chi connectivity index (χ1n) is 10.9. The topological polar surface area (TPSA) is 80.0 Å². The molecule has 2 atom stereocenters. The molecule has 160 valence electrons. The van der Waals surface area contributed by atoms with E-state index in [1.165, 1.54) is 4.80 Å². The monoisotopic (exact) mass is 425 g/mol. The van der Waals surface area contributed by atoms with E-state index in [9.17, 15) is 4.79 Å². The van der Waals surface area contributed by atoms with Gasteiger partial charge in [-0.3, -0.25) is 9.78 Å². The third-order valence-electron chi connectivity index (χ3n) is 6.44. The highest BCUT2D eigenvalue weighted by Crippen LogP contribution is 2.34. The van der Waals surface area contributed by atoms with Crippen LogP contribution in [-0.4, -0.2) is 61.4 Å². The number of anilines is 1. The second-order valence-corrected chi connectivity index (χ2v) is 8.67. The van der Waals surface area contributed by atoms with Crippen molar-refractivity contribution < 1.29 is 4.79 Å². The van der Waals surface area contributed by atoms with Crippen LogP contribution in [0.2, 0.25) is 0 Å². The molecule has 2 bridgehead atoms. The Bertz CT molecular complexity index is 1300. The summed E-state index contributed by atoms with van der Waals surface area (Å²) >= 11 is 0. The minimum atomic E-state index is 0.0298. The molecule has 8 heteroatoms. The Balaban J connectivity index is 1.28. The molecule has 8 nitrogen and oxygen atoms in total. The molecule has 2 aromatic carbocycles. The lowest BCUT2D eigenvalue weighted by Gasteiger charge is -2.33. The van der Waals surface area contributed by atoms with Crippen LogP contribution in [0.5, 0.6) is 0 Å². The molecule has 0 radical (unpaired) electrons. The van der Waals surface area contributed by atoms with Crippen LogP contribution in [0, 0.1) is 12.8 Å². The van der Waals surface area contributed by atoms with Crippen molar-refractivity contribution in [3.8, 4) is 5.69 Å². The Morgan fingerprint density at radius 1 is 1.00 bits per heavy atom. The van der Waals surface area contributed by atoms with E-state index in [2.05, 4.69) is 20.1 Å². The van der Waals surface area contributed by atoms with Crippen LogP contribution in [0.1, 0.15) is 22.3 Å². The van der Waals surface area contributed by atoms with Gasteiger partial charge in [-0.25, -0.2) is 4.98 Å². The van der Waals surface area contributed by atoms with E-state index in [0.29, 0.717) is 23.7 Å². The smallest absolute Gasteiger partial charge is 0.256 e. The number of rotatable bonds is 3. The van der Waals surface area contributed by atoms with E-state index in [1.54, 1.807) is 12.4 Å². The summed E-state index contributed by atoms with van der Waals surface area (Å²) in [5.74, 6) is 1.34. The zero-order valence-electron chi connectivity index (χ0n) is 17.8. The average molecular weight is 425 g/mol. The number of para-hydroxylation sites is 2. The molecule has 2 fully saturated rings. The largest absolute Gasteiger partial charge is 0.350 e. The molecule has 0 N–H and O–H groups in total. The van der Waals surface area contributed by atoms with E-state index in [4.69, 9.17) is 4.98 Å². The van der Waals surface area contributed by atoms with Crippen molar-refractivity contribution in [1.82, 2.24) is 29.9 Å². The highest BCUT2D eigenvalue weighted by atomic mass is 16.2. The summed E-state index contributed by atoms with van der Waals surface area (Å²) in [5.41, 5.74) is 4.18. The maximum Gasteiger partial charge on any atom is 0.256 e. The molecular weight excluding hydrogens is 402 g/mol. The van der Waals surface area contributed by atoms with Gasteiger partial charge in [-0.2, -0.15) is 15.0 Å². The number of benzene rings is 2. The van der Waals surface area contributed by atoms with Crippen LogP contribution in [0.25, 0.3) is 16.7 Å². The number of piperidine rings is 1. The van der Waals surface area contributed by atoms with Gasteiger partial charge < -0.3 is 9.80 Å². The zero-order chi connectivity index (χ0) is 21.7. The molecule has 2 aliphatic rings. The third-order valence-corrected chi connectivity index (χ3v) is 6.44. The van der Waals surface area contributed by atoms with Gasteiger partial charge in [0.05, 0.1) is 40.9 Å². The number of aromatic nitrogens is 5. The van der Waals surface area contributed by atoms with Crippen molar-refractivity contribution >= 4 is 22.8 Å². The summed E-state index contributed by atoms with van der Waals surface area (Å²) in [6.07, 6.45) is 6.17. The number of hydrogen-bond donors (Lipinski definition) is 0. The highest BCUT2D eigenvalue weighted by Gasteiger charge is 2.41. The van der Waals surface area contributed by atoms with Crippen LogP contribution in [0.3, 0.4) is 0 Å². The lowest BCUT2D eigenvalue weighted by atomic mass is 9.98. The van der Waals surface area contributed by atoms with Crippen molar-refractivity contribution in [2.75, 3.05) is 24.5 Å². The summed E-state index contributed by atoms with van der Waals surface area (Å²) in [6.45, 7) is 4.30. The molecule has 4 heterocycles. The van der Waals surface area contributed by atoms with Gasteiger partial charge in [0.2, 0.25) is 0 Å². The maximum absolute atomic E-state index is 13.6. The Morgan fingerprint density at radius 3 is 2.66 bits per heavy atom. The lowest BCUT2D eigenvalue weighted by molar-refractivity contribution is 0.0694. The molecule has 32 heavy (non-hydrogen) atoms. The van der Waals surface area contributed by atoms with E-state index >= 15 is 0 Å². The number of carbonyl (C=O) groups is 1. The van der Waals surface area contributed by atoms with Gasteiger partial charge >= 0.3 is 0 Å². The van der Waals surface area contributed by atoms with Crippen LogP contribution >= 0.6 is 0 Å². The predicted octanol–water partition coefficient (Wildman–Crippen LogP) is 2.87. The first-order chi connectivity index (χ1) is 15.7. The Hall–Kier alpha value is -3.81. The van der Waals surface area contributed by atoms with E-state index < -0.39 is 0 Å². The number of amides is 1. The Kier molecular flexibility index (Phi) is 4.38. The predicted molar refractivity (Wildman–Crippen MR) is 121 cm³/mol. The SMILES string of the molecule is Cc1ccc(-n2nccn2)c(C(=O)N2CC3CC(C2)N(c2cnc4ccccc4n2)C3)c1. The molecule has 0 aliphatic carbocycles. The van der Waals surface area contributed by atoms with Crippen molar-refractivity contribution in [3.63, 3.8) is 0 Å². The number of fused-ring (bicyclic) bond motifs is 3. The average Bonchev–Trinajstić information content (AvgIpc) is 3.46. The molecule has 6 rings (SSSR count). The standard InChI is InChI=1S/C24H23N7O/c1-16-6-7-22(31-26-8-9-27-31)19(10-16)24(32)29-13-17-11-18(15-29)30(14-17)23-12-25-20-4-2-3-5-21(20)28-23/h2-10,12,17-18H,11,13-15H2,1H3. The summed E-state index contributed by atoms with van der Waals surface area (Å²) in [7, 11) is 0. The summed E-state index contributed by atoms with van der Waals surface area (Å²) < 4.78 is 0. The number of aryl methyl sites for hydroxylation is 1. The Labute approximate surface area is 185 Å². The van der Waals surface area contributed by atoms with E-state index in [0.717, 1.165) is 41.9 Å². The molecule has 2 aromatic heterocycles. The second kappa shape index (κ2) is 7.40. The van der Waals surface area contributed by atoms with Crippen LogP contribution in [-0.2, 0) is 0 Å². The highest BCUT2D eigenvalue weighted by molar-refractivity contribution is 5.98. The van der Waals surface area contributed by atoms with Gasteiger partial charge in [-0.05, 0) is 43.5 Å². The quantitative estimate of drug-likeness (QED) is 0.502. The summed E-state index contributed by atoms with van der Waals surface area (Å²) in [6, 6.07) is 14.0. The van der Waals surface area contributed by atoms with Gasteiger partial charge in [-0.15, -0.1) is 0 Å². The number of likely N-dealkylation sites (tertiary alicyclic amines) is 1. The molecule has 0 spiro atoms. The van der Waals surface area contributed by atoms with Gasteiger partial charge in [0.15, 0.2) is 0 Å². The molecular formula is C24H23N7O. The van der Waals surface area contributed by atoms with Gasteiger partial charge in [0.1, 0.15) is 5.82 Å². The molecule has 2 saturated heterocycles. The van der Waals surface area contributed by atoms with Crippen molar-refractivity contribution in [2.45, 2.75) is 19.4 Å². The van der Waals surface area contributed by atoms with Gasteiger partial charge in [0, 0.05) is 25.7 Å². The third kappa shape index (κ3) is 3.19. The van der Waals surface area contributed by atoms with Gasteiger partial charge in [0.25, 0.3) is 5.91 Å². The fraction of sp³-hybridized carbons (Fsp3) is 0.292. The lowest BCUT2D eigenvalue weighted by Crippen LogP contribution is -2.45. The van der Waals surface area contributed by atoms with E-state index in [1.807, 2.05) is 60.5 Å². The first-order valence-corrected chi connectivity index (χ1v) is 10.9. The Morgan fingerprint density at radius 2 is 1.81 bits per heavy atom. The van der Waals surface area contributed by atoms with Gasteiger partial charge in [-0.1, -0.05) is 23.8 Å². The molecule has 2 unspecified atom stereocenters. The first kappa shape index (κ1) is 18.9. The summed E-state index contributed by atoms with van der Waals surface area (Å²) in [4.78, 5) is 28.9. The zero-order valence-corrected chi connectivity index (χ0v) is 17.8. The fourth-order valence-electron chi connectivity index (χ4n) is 5.00. The normalized spacial score (nSPS) is 20.2. The number of hydrogen-bond acceptors (Lipinski definition) is 6. The minimum absolute atomic E-state index is 0.0298. The van der Waals surface area contributed by atoms with Crippen LogP contribution in [0.4, 0.5) is 5.82 Å². The molecule has 1 amide bonds. The number of nitrogens with zero attached hydrogens (tertiary/aromatic N) is 7.